The molecule has 0 saturated heterocycles. The highest BCUT2D eigenvalue weighted by Gasteiger charge is 2.28. The molecule has 7 heteroatoms. The average Bonchev–Trinajstić information content (AvgIpc) is 1.21. The van der Waals surface area contributed by atoms with Crippen LogP contribution in [0.15, 0.2) is 458 Å². The number of hydrogen-bond acceptors (Lipinski definition) is 6. The molecule has 602 valence electrons. The standard InChI is InChI=1S/C121H80N4O3/c126-121(125(94-43-14-5-15-44-94)95-61-64-116(124-77-95)88-58-57-78-37-24-38-83(78)65-88)93-69-91(98-47-18-16-45-96(98)89-59-62-114(122-75-89)86-41-25-39-84(66-86)110-71-108(81-33-10-3-11-34-81)112(73-106(110)79-29-6-1-7-30-79)104-53-27-51-102-100-49-20-22-55-117(100)127-119(102)104)68-92(70-93)99-48-19-17-46-97(99)90-60-63-115(123-76-90)87-42-26-40-85(67-87)111-72-109(82-35-12-4-13-36-82)113(74-107(111)80-31-8-2-9-32-80)105-54-28-52-103-101-50-21-23-56-118(101)128-120(103)105/h1-23,25-36,39-77H,24,37-38H2. The highest BCUT2D eigenvalue weighted by Crippen LogP contribution is 2.50. The molecule has 0 atom stereocenters. The van der Waals surface area contributed by atoms with Gasteiger partial charge in [-0.3, -0.25) is 24.6 Å². The second-order valence-corrected chi connectivity index (χ2v) is 33.0. The molecule has 0 saturated carbocycles. The number of fused-ring (bicyclic) bond motifs is 7. The van der Waals surface area contributed by atoms with Crippen molar-refractivity contribution < 1.29 is 13.6 Å². The van der Waals surface area contributed by atoms with E-state index in [2.05, 4.69) is 364 Å². The molecule has 0 radical (unpaired) electrons. The van der Waals surface area contributed by atoms with Crippen molar-refractivity contribution in [2.24, 2.45) is 0 Å². The van der Waals surface area contributed by atoms with Gasteiger partial charge in [-0.2, -0.15) is 0 Å². The van der Waals surface area contributed by atoms with Crippen LogP contribution >= 0.6 is 0 Å². The quantitative estimate of drug-likeness (QED) is 0.0851. The van der Waals surface area contributed by atoms with E-state index in [0.717, 1.165) is 230 Å². The van der Waals surface area contributed by atoms with Crippen LogP contribution in [-0.4, -0.2) is 20.9 Å². The monoisotopic (exact) mass is 1640 g/mol. The SMILES string of the molecule is O=C(c1cc(-c2ccccc2-c2ccc(-c3cccc(-c4cc(-c5ccccc5)c(-c5cccc6c5oc5ccccc56)cc4-c4ccccc4)c3)nc2)cc(-c2ccccc2-c2ccc(-c3cccc(-c4cc(-c5ccccc5)c(-c5cccc6c5oc5ccccc56)cc4-c4ccccc4)c3)nc2)c1)N(c1ccccc1)c1ccc(-c2ccc3c(c2)CCC3)nc1. The van der Waals surface area contributed by atoms with E-state index in [1.807, 2.05) is 85.3 Å². The Morgan fingerprint density at radius 2 is 0.555 bits per heavy atom. The lowest BCUT2D eigenvalue weighted by Crippen LogP contribution is -2.26. The summed E-state index contributed by atoms with van der Waals surface area (Å²) in [6, 6.07) is 152. The number of rotatable bonds is 18. The molecule has 0 bridgehead atoms. The number of amides is 1. The number of carbonyl (C=O) groups is 1. The van der Waals surface area contributed by atoms with Gasteiger partial charge in [-0.1, -0.05) is 322 Å². The van der Waals surface area contributed by atoms with Gasteiger partial charge in [0.2, 0.25) is 0 Å². The van der Waals surface area contributed by atoms with Crippen LogP contribution < -0.4 is 4.90 Å². The summed E-state index contributed by atoms with van der Waals surface area (Å²) >= 11 is 0. The molecule has 0 fully saturated rings. The molecule has 1 amide bonds. The third kappa shape index (κ3) is 14.2. The molecule has 0 spiro atoms. The van der Waals surface area contributed by atoms with Crippen LogP contribution in [0.2, 0.25) is 0 Å². The van der Waals surface area contributed by atoms with Crippen molar-refractivity contribution in [3.63, 3.8) is 0 Å². The number of pyridine rings is 3. The fourth-order valence-electron chi connectivity index (χ4n) is 19.2. The van der Waals surface area contributed by atoms with E-state index in [1.54, 1.807) is 4.90 Å². The fraction of sp³-hybridized carbons (Fsp3) is 0.0248. The van der Waals surface area contributed by atoms with E-state index in [9.17, 15) is 0 Å². The number of nitrogens with zero attached hydrogens (tertiary/aromatic N) is 4. The summed E-state index contributed by atoms with van der Waals surface area (Å²) in [7, 11) is 0. The first-order chi connectivity index (χ1) is 63.4. The molecular formula is C121H80N4O3. The molecule has 17 aromatic carbocycles. The maximum atomic E-state index is 16.4. The van der Waals surface area contributed by atoms with E-state index >= 15 is 4.79 Å². The zero-order valence-corrected chi connectivity index (χ0v) is 69.9. The zero-order chi connectivity index (χ0) is 85.0. The lowest BCUT2D eigenvalue weighted by atomic mass is 9.85. The van der Waals surface area contributed by atoms with Crippen molar-refractivity contribution in [2.45, 2.75) is 19.3 Å². The summed E-state index contributed by atoms with van der Waals surface area (Å²) in [5, 5.41) is 4.35. The number of benzene rings is 17. The van der Waals surface area contributed by atoms with Gasteiger partial charge >= 0.3 is 0 Å². The van der Waals surface area contributed by atoms with Gasteiger partial charge in [-0.15, -0.1) is 0 Å². The van der Waals surface area contributed by atoms with Crippen LogP contribution in [0.1, 0.15) is 27.9 Å². The third-order valence-electron chi connectivity index (χ3n) is 25.4. The zero-order valence-electron chi connectivity index (χ0n) is 69.9. The molecule has 5 heterocycles. The summed E-state index contributed by atoms with van der Waals surface area (Å²) in [6.45, 7) is 0. The Hall–Kier alpha value is -16.7. The first-order valence-corrected chi connectivity index (χ1v) is 43.7. The number of furan rings is 2. The molecular weight excluding hydrogens is 1560 g/mol. The average molecular weight is 1640 g/mol. The van der Waals surface area contributed by atoms with Crippen LogP contribution in [0.4, 0.5) is 11.4 Å². The number of aromatic nitrogens is 3. The predicted molar refractivity (Wildman–Crippen MR) is 527 cm³/mol. The highest BCUT2D eigenvalue weighted by atomic mass is 16.3. The number of anilines is 2. The summed E-state index contributed by atoms with van der Waals surface area (Å²) < 4.78 is 13.5. The van der Waals surface area contributed by atoms with Crippen molar-refractivity contribution in [2.75, 3.05) is 4.90 Å². The van der Waals surface area contributed by atoms with Crippen molar-refractivity contribution in [3.8, 4) is 167 Å². The molecule has 22 aromatic rings. The third-order valence-corrected chi connectivity index (χ3v) is 25.4. The largest absolute Gasteiger partial charge is 0.455 e. The smallest absolute Gasteiger partial charge is 0.262 e. The molecule has 5 aromatic heterocycles. The molecule has 1 aliphatic rings. The minimum atomic E-state index is -0.213. The number of hydrogen-bond donors (Lipinski definition) is 0. The van der Waals surface area contributed by atoms with Crippen molar-refractivity contribution in [3.05, 3.63) is 466 Å². The second-order valence-electron chi connectivity index (χ2n) is 33.0. The van der Waals surface area contributed by atoms with Gasteiger partial charge in [0.05, 0.1) is 29.0 Å². The summed E-state index contributed by atoms with van der Waals surface area (Å²) in [6.07, 6.45) is 9.13. The van der Waals surface area contributed by atoms with Crippen LogP contribution in [-0.2, 0) is 12.8 Å². The Balaban J connectivity index is 0.617. The van der Waals surface area contributed by atoms with Gasteiger partial charge in [0.15, 0.2) is 0 Å². The molecule has 0 N–H and O–H groups in total. The number of para-hydroxylation sites is 5. The summed E-state index contributed by atoms with van der Waals surface area (Å²) in [5.41, 5.74) is 38.3. The van der Waals surface area contributed by atoms with Crippen LogP contribution in [0.25, 0.3) is 211 Å². The van der Waals surface area contributed by atoms with E-state index in [1.165, 1.54) is 11.1 Å². The van der Waals surface area contributed by atoms with Gasteiger partial charge in [0, 0.05) is 84.1 Å². The Labute approximate surface area is 742 Å². The predicted octanol–water partition coefficient (Wildman–Crippen LogP) is 32.1. The van der Waals surface area contributed by atoms with Gasteiger partial charge in [-0.05, 0) is 251 Å². The normalized spacial score (nSPS) is 11.8. The van der Waals surface area contributed by atoms with Gasteiger partial charge in [-0.25, -0.2) is 0 Å². The van der Waals surface area contributed by atoms with Gasteiger partial charge in [0.25, 0.3) is 5.91 Å². The van der Waals surface area contributed by atoms with Crippen molar-refractivity contribution in [1.29, 1.82) is 0 Å². The van der Waals surface area contributed by atoms with Crippen molar-refractivity contribution in [1.82, 2.24) is 15.0 Å². The van der Waals surface area contributed by atoms with E-state index in [4.69, 9.17) is 23.8 Å². The summed E-state index contributed by atoms with van der Waals surface area (Å²) in [5.74, 6) is -0.213. The second kappa shape index (κ2) is 32.8. The van der Waals surface area contributed by atoms with Crippen LogP contribution in [0.5, 0.6) is 0 Å². The molecule has 0 aliphatic heterocycles. The van der Waals surface area contributed by atoms with Gasteiger partial charge in [0.1, 0.15) is 22.3 Å². The first-order valence-electron chi connectivity index (χ1n) is 43.7. The summed E-state index contributed by atoms with van der Waals surface area (Å²) in [4.78, 5) is 34.0. The minimum Gasteiger partial charge on any atom is -0.455 e. The van der Waals surface area contributed by atoms with E-state index < -0.39 is 0 Å². The lowest BCUT2D eigenvalue weighted by Gasteiger charge is -2.24. The Kier molecular flexibility index (Phi) is 19.5. The maximum absolute atomic E-state index is 16.4. The number of aryl methyl sites for hydroxylation is 2. The topological polar surface area (TPSA) is 85.3 Å². The van der Waals surface area contributed by atoms with Crippen LogP contribution in [0.3, 0.4) is 0 Å². The molecule has 128 heavy (non-hydrogen) atoms. The first kappa shape index (κ1) is 76.2. The maximum Gasteiger partial charge on any atom is 0.262 e. The lowest BCUT2D eigenvalue weighted by molar-refractivity contribution is 0.0999. The molecule has 23 rings (SSSR count). The Bertz CT molecular complexity index is 7610. The van der Waals surface area contributed by atoms with E-state index in [0.29, 0.717) is 16.9 Å². The molecule has 7 nitrogen and oxygen atoms in total. The van der Waals surface area contributed by atoms with E-state index in [-0.39, 0.29) is 5.91 Å². The van der Waals surface area contributed by atoms with Crippen LogP contribution in [0, 0.1) is 0 Å². The Morgan fingerprint density at radius 3 is 1.01 bits per heavy atom. The Morgan fingerprint density at radius 1 is 0.219 bits per heavy atom. The highest BCUT2D eigenvalue weighted by molar-refractivity contribution is 6.15. The van der Waals surface area contributed by atoms with Crippen molar-refractivity contribution >= 4 is 61.2 Å². The van der Waals surface area contributed by atoms with Gasteiger partial charge < -0.3 is 8.83 Å². The molecule has 1 aliphatic carbocycles. The fourth-order valence-corrected chi connectivity index (χ4v) is 19.2. The molecule has 0 unspecified atom stereocenters. The number of carbonyl (C=O) groups excluding carboxylic acids is 1. The minimum absolute atomic E-state index is 0.213.